The van der Waals surface area contributed by atoms with Crippen LogP contribution in [-0.4, -0.2) is 28.1 Å². The fraction of sp³-hybridized carbons (Fsp3) is 0.941. The monoisotopic (exact) mass is 599 g/mol. The van der Waals surface area contributed by atoms with Crippen LogP contribution >= 0.6 is 7.68 Å². The molecule has 0 aliphatic heterocycles. The topological polar surface area (TPSA) is 115 Å². The van der Waals surface area contributed by atoms with Crippen LogP contribution in [0.2, 0.25) is 0 Å². The maximum Gasteiger partial charge on any atom is 0.358 e. The first-order valence-electron chi connectivity index (χ1n) is 17.5. The Bertz CT molecular complexity index is 703. The Morgan fingerprint density at radius 1 is 0.537 bits per heavy atom. The highest BCUT2D eigenvalue weighted by molar-refractivity contribution is 7.34. The summed E-state index contributed by atoms with van der Waals surface area (Å²) in [4.78, 5) is 25.3. The smallest absolute Gasteiger partial charge is 0.358 e. The minimum absolute atomic E-state index is 0.0721. The summed E-state index contributed by atoms with van der Waals surface area (Å²) in [5, 5.41) is 7.91. The van der Waals surface area contributed by atoms with Crippen LogP contribution in [0, 0.1) is 0 Å². The van der Waals surface area contributed by atoms with Gasteiger partial charge in [-0.3, -0.25) is 9.59 Å². The number of Topliss-reactive ketones (excluding diaryl/α,β-unsaturated/α-hetero) is 2. The highest BCUT2D eigenvalue weighted by Crippen LogP contribution is 2.33. The quantitative estimate of drug-likeness (QED) is 0.0587. The van der Waals surface area contributed by atoms with Gasteiger partial charge in [0, 0.05) is 12.8 Å². The van der Waals surface area contributed by atoms with E-state index in [1.807, 2.05) is 0 Å². The molecule has 0 amide bonds. The van der Waals surface area contributed by atoms with E-state index < -0.39 is 30.6 Å². The summed E-state index contributed by atoms with van der Waals surface area (Å²) >= 11 is 0. The molecule has 6 nitrogen and oxygen atoms in total. The van der Waals surface area contributed by atoms with Gasteiger partial charge in [0.25, 0.3) is 5.34 Å². The second kappa shape index (κ2) is 28.0. The lowest BCUT2D eigenvalue weighted by molar-refractivity contribution is -0.137. The highest BCUT2D eigenvalue weighted by atomic mass is 31.1. The van der Waals surface area contributed by atoms with Crippen molar-refractivity contribution < 1.29 is 23.8 Å². The lowest BCUT2D eigenvalue weighted by Gasteiger charge is -2.24. The van der Waals surface area contributed by atoms with Crippen LogP contribution in [0.15, 0.2) is 0 Å². The molecule has 41 heavy (non-hydrogen) atoms. The molecule has 0 aliphatic carbocycles. The molecule has 0 heterocycles. The van der Waals surface area contributed by atoms with E-state index >= 15 is 0 Å². The van der Waals surface area contributed by atoms with Gasteiger partial charge in [-0.05, 0) is 12.8 Å². The third-order valence-corrected chi connectivity index (χ3v) is 9.59. The largest absolute Gasteiger partial charge is 0.368 e. The zero-order chi connectivity index (χ0) is 30.6. The van der Waals surface area contributed by atoms with Gasteiger partial charge in [0.1, 0.15) is 6.04 Å². The van der Waals surface area contributed by atoms with Crippen molar-refractivity contribution >= 4 is 19.2 Å². The normalized spacial score (nSPS) is 13.7. The standard InChI is InChI=1S/C34H66NO5P/c1-3-5-7-9-11-13-15-17-19-21-23-25-27-29-31(36)33(35)34(38,41(39)40)32(37)30-28-26-24-22-20-18-16-14-12-10-8-6-4-2/h33,38H,3-30,35H2,1-2H3. The maximum absolute atomic E-state index is 12.7. The Balaban J connectivity index is 4.02. The minimum atomic E-state index is -3.58. The molecule has 0 saturated heterocycles. The van der Waals surface area contributed by atoms with Crippen molar-refractivity contribution in [2.75, 3.05) is 0 Å². The fourth-order valence-electron chi connectivity index (χ4n) is 5.57. The van der Waals surface area contributed by atoms with Crippen LogP contribution in [-0.2, 0) is 18.7 Å². The number of rotatable bonds is 32. The summed E-state index contributed by atoms with van der Waals surface area (Å²) in [7, 11) is -3.58. The van der Waals surface area contributed by atoms with Gasteiger partial charge in [-0.1, -0.05) is 168 Å². The third-order valence-electron chi connectivity index (χ3n) is 8.50. The number of nitrogens with two attached hydrogens (primary N) is 1. The number of carbonyl (C=O) groups is 2. The predicted molar refractivity (Wildman–Crippen MR) is 172 cm³/mol. The lowest BCUT2D eigenvalue weighted by atomic mass is 9.95. The second-order valence-electron chi connectivity index (χ2n) is 12.3. The number of aliphatic hydroxyl groups is 1. The molecule has 0 radical (unpaired) electrons. The van der Waals surface area contributed by atoms with Crippen molar-refractivity contribution in [3.63, 3.8) is 0 Å². The van der Waals surface area contributed by atoms with Gasteiger partial charge in [0.2, 0.25) is 0 Å². The van der Waals surface area contributed by atoms with Crippen molar-refractivity contribution in [3.05, 3.63) is 0 Å². The molecule has 242 valence electrons. The Labute approximate surface area is 253 Å². The molecule has 0 spiro atoms. The summed E-state index contributed by atoms with van der Waals surface area (Å²) in [6.45, 7) is 4.47. The summed E-state index contributed by atoms with van der Waals surface area (Å²) in [5.74, 6) is -1.39. The van der Waals surface area contributed by atoms with E-state index in [4.69, 9.17) is 5.73 Å². The van der Waals surface area contributed by atoms with Crippen molar-refractivity contribution in [2.24, 2.45) is 5.73 Å². The van der Waals surface area contributed by atoms with Crippen molar-refractivity contribution in [3.8, 4) is 0 Å². The first-order valence-corrected chi connectivity index (χ1v) is 18.7. The molecular formula is C34H66NO5P. The van der Waals surface area contributed by atoms with Gasteiger partial charge < -0.3 is 10.8 Å². The van der Waals surface area contributed by atoms with Crippen LogP contribution in [0.3, 0.4) is 0 Å². The lowest BCUT2D eigenvalue weighted by Crippen LogP contribution is -2.54. The Kier molecular flexibility index (Phi) is 27.4. The minimum Gasteiger partial charge on any atom is -0.368 e. The van der Waals surface area contributed by atoms with E-state index in [1.165, 1.54) is 116 Å². The van der Waals surface area contributed by atoms with Gasteiger partial charge in [-0.25, -0.2) is 9.13 Å². The van der Waals surface area contributed by atoms with E-state index in [0.717, 1.165) is 38.5 Å². The average molecular weight is 600 g/mol. The van der Waals surface area contributed by atoms with Crippen LogP contribution in [0.5, 0.6) is 0 Å². The Morgan fingerprint density at radius 3 is 1.10 bits per heavy atom. The number of carbonyl (C=O) groups excluding carboxylic acids is 2. The zero-order valence-electron chi connectivity index (χ0n) is 27.0. The van der Waals surface area contributed by atoms with E-state index in [0.29, 0.717) is 12.8 Å². The molecule has 2 atom stereocenters. The third kappa shape index (κ3) is 20.7. The number of hydrogen-bond acceptors (Lipinski definition) is 6. The first kappa shape index (κ1) is 40.2. The average Bonchev–Trinajstić information content (AvgIpc) is 2.96. The molecular weight excluding hydrogens is 533 g/mol. The van der Waals surface area contributed by atoms with Crippen LogP contribution in [0.1, 0.15) is 194 Å². The van der Waals surface area contributed by atoms with Crippen molar-refractivity contribution in [1.82, 2.24) is 0 Å². The highest BCUT2D eigenvalue weighted by Gasteiger charge is 2.50. The van der Waals surface area contributed by atoms with E-state index in [1.54, 1.807) is 0 Å². The van der Waals surface area contributed by atoms with Crippen LogP contribution in [0.4, 0.5) is 0 Å². The molecule has 0 fully saturated rings. The number of unbranched alkanes of at least 4 members (excludes halogenated alkanes) is 24. The molecule has 0 rings (SSSR count). The maximum atomic E-state index is 12.7. The molecule has 0 bridgehead atoms. The summed E-state index contributed by atoms with van der Waals surface area (Å²) < 4.78 is 23.7. The van der Waals surface area contributed by atoms with Gasteiger partial charge in [-0.15, -0.1) is 0 Å². The van der Waals surface area contributed by atoms with Gasteiger partial charge in [-0.2, -0.15) is 0 Å². The SMILES string of the molecule is CCCCCCCCCCCCCCCC(=O)C(N)C(O)(C(=O)CCCCCCCCCCCCCCC)P(=O)=O. The van der Waals surface area contributed by atoms with Crippen LogP contribution < -0.4 is 5.73 Å². The van der Waals surface area contributed by atoms with Gasteiger partial charge >= 0.3 is 7.68 Å². The Hall–Kier alpha value is -0.840. The summed E-state index contributed by atoms with van der Waals surface area (Å²) in [6.07, 6.45) is 30.4. The summed E-state index contributed by atoms with van der Waals surface area (Å²) in [5.41, 5.74) is 5.88. The molecule has 3 N–H and O–H groups in total. The van der Waals surface area contributed by atoms with E-state index in [9.17, 15) is 23.8 Å². The molecule has 0 aromatic carbocycles. The number of ketones is 2. The predicted octanol–water partition coefficient (Wildman–Crippen LogP) is 10.3. The molecule has 0 aromatic rings. The first-order chi connectivity index (χ1) is 19.8. The van der Waals surface area contributed by atoms with Gasteiger partial charge in [0.05, 0.1) is 0 Å². The molecule has 0 aliphatic rings. The fourth-order valence-corrected chi connectivity index (χ4v) is 6.26. The molecule has 2 unspecified atom stereocenters. The zero-order valence-corrected chi connectivity index (χ0v) is 27.9. The van der Waals surface area contributed by atoms with E-state index in [2.05, 4.69) is 13.8 Å². The van der Waals surface area contributed by atoms with E-state index in [-0.39, 0.29) is 12.8 Å². The molecule has 7 heteroatoms. The summed E-state index contributed by atoms with van der Waals surface area (Å²) in [6, 6.07) is -1.71. The van der Waals surface area contributed by atoms with Crippen LogP contribution in [0.25, 0.3) is 0 Å². The Morgan fingerprint density at radius 2 is 0.805 bits per heavy atom. The van der Waals surface area contributed by atoms with Crippen molar-refractivity contribution in [1.29, 1.82) is 0 Å². The molecule has 0 aromatic heterocycles. The van der Waals surface area contributed by atoms with Gasteiger partial charge in [0.15, 0.2) is 11.6 Å². The number of hydrogen-bond donors (Lipinski definition) is 2. The molecule has 0 saturated carbocycles. The van der Waals surface area contributed by atoms with Crippen molar-refractivity contribution in [2.45, 2.75) is 205 Å². The second-order valence-corrected chi connectivity index (χ2v) is 13.5.